The average Bonchev–Trinajstić information content (AvgIpc) is 3.38. The minimum Gasteiger partial charge on any atom is -0.450 e. The molecule has 0 saturated heterocycles. The van der Waals surface area contributed by atoms with Crippen molar-refractivity contribution < 1.29 is 14.3 Å². The van der Waals surface area contributed by atoms with Crippen molar-refractivity contribution in [2.24, 2.45) is 10.7 Å². The first kappa shape index (κ1) is 39.6. The highest BCUT2D eigenvalue weighted by Gasteiger charge is 2.11. The lowest BCUT2D eigenvalue weighted by atomic mass is 10.1. The van der Waals surface area contributed by atoms with E-state index in [0.29, 0.717) is 30.5 Å². The van der Waals surface area contributed by atoms with E-state index in [4.69, 9.17) is 15.3 Å². The number of aromatic nitrogens is 2. The molecule has 0 fully saturated rings. The summed E-state index contributed by atoms with van der Waals surface area (Å²) in [5.41, 5.74) is 12.6. The van der Waals surface area contributed by atoms with Gasteiger partial charge in [0.25, 0.3) is 0 Å². The maximum absolute atomic E-state index is 11.8. The number of carbonyl (C=O) groups excluding carboxylic acids is 2. The zero-order chi connectivity index (χ0) is 33.5. The van der Waals surface area contributed by atoms with Gasteiger partial charge < -0.3 is 30.0 Å². The van der Waals surface area contributed by atoms with Gasteiger partial charge in [-0.15, -0.1) is 0 Å². The number of amidine groups is 1. The summed E-state index contributed by atoms with van der Waals surface area (Å²) in [6, 6.07) is 16.7. The second-order valence-electron chi connectivity index (χ2n) is 10.4. The summed E-state index contributed by atoms with van der Waals surface area (Å²) in [4.78, 5) is 30.2. The van der Waals surface area contributed by atoms with Gasteiger partial charge in [0, 0.05) is 32.9 Å². The fraction of sp³-hybridized carbons (Fsp3) is 0.429. The van der Waals surface area contributed by atoms with Crippen LogP contribution < -0.4 is 11.1 Å². The Hall–Kier alpha value is -4.40. The number of unbranched alkanes of at least 4 members (excludes halogenated alkanes) is 1. The predicted octanol–water partition coefficient (Wildman–Crippen LogP) is 6.73. The first-order valence-corrected chi connectivity index (χ1v) is 15.0. The zero-order valence-corrected chi connectivity index (χ0v) is 28.2. The second kappa shape index (κ2) is 23.1. The third-order valence-corrected chi connectivity index (χ3v) is 6.22. The van der Waals surface area contributed by atoms with Gasteiger partial charge in [0.15, 0.2) is 5.84 Å². The van der Waals surface area contributed by atoms with Crippen molar-refractivity contribution in [3.05, 3.63) is 101 Å². The van der Waals surface area contributed by atoms with Gasteiger partial charge in [-0.1, -0.05) is 93.4 Å². The van der Waals surface area contributed by atoms with Gasteiger partial charge in [-0.25, -0.2) is 14.8 Å². The molecule has 0 aliphatic carbocycles. The van der Waals surface area contributed by atoms with Crippen LogP contribution >= 0.6 is 0 Å². The number of aliphatic imine (C=N–C) groups is 1. The zero-order valence-electron chi connectivity index (χ0n) is 28.2. The summed E-state index contributed by atoms with van der Waals surface area (Å²) in [6.45, 7) is 20.0. The topological polar surface area (TPSA) is 115 Å². The van der Waals surface area contributed by atoms with Crippen molar-refractivity contribution in [2.75, 3.05) is 20.7 Å². The standard InChI is InChI=1S/C22H32N6O2.C9H12.C3H8.CH2O/c1-16-8-10-19(11-9-16)14-24-22(29)30-13-7-6-12-28-15-25-20(17(28)2)21(23)26-18(3)27(4)5;1-3-9-6-4-8(2)5-7-9;1-3-2;1-2/h8-11,15H,3,6-7,12-14H2,1-2,4-5H3,(H2,23,26)(H,24,29);4-7H,3H2,1-2H3;3H2,1-2H3;1H2. The molecule has 1 amide bonds. The van der Waals surface area contributed by atoms with Gasteiger partial charge in [-0.2, -0.15) is 0 Å². The normalized spacial score (nSPS) is 10.1. The molecular weight excluding hydrogens is 552 g/mol. The van der Waals surface area contributed by atoms with E-state index in [1.165, 1.54) is 23.1 Å². The van der Waals surface area contributed by atoms with Gasteiger partial charge in [0.2, 0.25) is 0 Å². The highest BCUT2D eigenvalue weighted by Crippen LogP contribution is 2.10. The number of alkyl carbamates (subject to hydrolysis) is 1. The SMILES string of the molecule is C=C(/N=C(/N)c1ncn(CCCCOC(=O)NCc2ccc(C)cc2)c1C)N(C)C.C=O.CCC.CCc1ccc(C)cc1. The van der Waals surface area contributed by atoms with Crippen LogP contribution in [0.15, 0.2) is 72.3 Å². The molecule has 3 N–H and O–H groups in total. The van der Waals surface area contributed by atoms with Crippen LogP contribution in [0.2, 0.25) is 0 Å². The minimum absolute atomic E-state index is 0.346. The van der Waals surface area contributed by atoms with Crippen molar-refractivity contribution in [1.29, 1.82) is 0 Å². The molecule has 2 aromatic carbocycles. The van der Waals surface area contributed by atoms with Crippen molar-refractivity contribution in [3.8, 4) is 0 Å². The number of amides is 1. The first-order valence-electron chi connectivity index (χ1n) is 15.0. The molecule has 242 valence electrons. The number of nitrogens with two attached hydrogens (primary N) is 1. The Morgan fingerprint density at radius 2 is 1.48 bits per heavy atom. The Bertz CT molecular complexity index is 1250. The molecule has 0 spiro atoms. The number of nitrogens with zero attached hydrogens (tertiary/aromatic N) is 4. The third kappa shape index (κ3) is 16.3. The van der Waals surface area contributed by atoms with E-state index < -0.39 is 6.09 Å². The predicted molar refractivity (Wildman–Crippen MR) is 183 cm³/mol. The number of imidazole rings is 1. The monoisotopic (exact) mass is 606 g/mol. The fourth-order valence-electron chi connectivity index (χ4n) is 3.52. The number of hydrogen-bond donors (Lipinski definition) is 2. The van der Waals surface area contributed by atoms with E-state index >= 15 is 0 Å². The maximum Gasteiger partial charge on any atom is 0.407 e. The molecule has 0 saturated carbocycles. The average molecular weight is 607 g/mol. The quantitative estimate of drug-likeness (QED) is 0.142. The Kier molecular flexibility index (Phi) is 20.8. The van der Waals surface area contributed by atoms with Crippen LogP contribution in [0.4, 0.5) is 4.79 Å². The number of aryl methyl sites for hydroxylation is 4. The van der Waals surface area contributed by atoms with Crippen LogP contribution in [0, 0.1) is 20.8 Å². The summed E-state index contributed by atoms with van der Waals surface area (Å²) >= 11 is 0. The van der Waals surface area contributed by atoms with Crippen LogP contribution in [-0.4, -0.2) is 53.9 Å². The lowest BCUT2D eigenvalue weighted by Gasteiger charge is -2.11. The molecule has 0 aliphatic rings. The molecule has 1 heterocycles. The van der Waals surface area contributed by atoms with E-state index in [0.717, 1.165) is 37.1 Å². The third-order valence-electron chi connectivity index (χ3n) is 6.22. The summed E-state index contributed by atoms with van der Waals surface area (Å²) in [7, 11) is 3.71. The number of nitrogens with one attached hydrogen (secondary N) is 1. The summed E-state index contributed by atoms with van der Waals surface area (Å²) in [6.07, 6.45) is 5.35. The van der Waals surface area contributed by atoms with E-state index in [1.54, 1.807) is 11.2 Å². The number of hydrogen-bond acceptors (Lipinski definition) is 6. The molecule has 9 heteroatoms. The van der Waals surface area contributed by atoms with Crippen molar-refractivity contribution in [1.82, 2.24) is 19.8 Å². The number of rotatable bonds is 11. The number of benzene rings is 2. The Morgan fingerprint density at radius 1 is 0.955 bits per heavy atom. The molecular formula is C35H54N6O3. The molecule has 0 radical (unpaired) electrons. The molecule has 0 unspecified atom stereocenters. The Labute approximate surface area is 265 Å². The number of carbonyl (C=O) groups is 2. The Balaban J connectivity index is 0.00000109. The second-order valence-corrected chi connectivity index (χ2v) is 10.4. The smallest absolute Gasteiger partial charge is 0.407 e. The van der Waals surface area contributed by atoms with Gasteiger partial charge in [0.05, 0.1) is 12.9 Å². The lowest BCUT2D eigenvalue weighted by molar-refractivity contribution is -0.0980. The molecule has 1 aromatic heterocycles. The van der Waals surface area contributed by atoms with Gasteiger partial charge in [-0.3, -0.25) is 0 Å². The van der Waals surface area contributed by atoms with Crippen LogP contribution in [0.5, 0.6) is 0 Å². The van der Waals surface area contributed by atoms with E-state index in [1.807, 2.05) is 63.6 Å². The Morgan fingerprint density at radius 3 is 1.98 bits per heavy atom. The fourth-order valence-corrected chi connectivity index (χ4v) is 3.52. The van der Waals surface area contributed by atoms with E-state index in [9.17, 15) is 4.79 Å². The minimum atomic E-state index is -0.401. The summed E-state index contributed by atoms with van der Waals surface area (Å²) in [5.74, 6) is 0.915. The lowest BCUT2D eigenvalue weighted by Crippen LogP contribution is -2.24. The van der Waals surface area contributed by atoms with Gasteiger partial charge in [-0.05, 0) is 51.2 Å². The van der Waals surface area contributed by atoms with Gasteiger partial charge >= 0.3 is 6.09 Å². The molecule has 0 atom stereocenters. The van der Waals surface area contributed by atoms with E-state index in [2.05, 4.69) is 73.8 Å². The van der Waals surface area contributed by atoms with Crippen molar-refractivity contribution in [2.45, 2.75) is 80.3 Å². The molecule has 9 nitrogen and oxygen atoms in total. The molecule has 0 aliphatic heterocycles. The van der Waals surface area contributed by atoms with Crippen LogP contribution in [0.3, 0.4) is 0 Å². The number of ether oxygens (including phenoxy) is 1. The van der Waals surface area contributed by atoms with E-state index in [-0.39, 0.29) is 0 Å². The molecule has 0 bridgehead atoms. The van der Waals surface area contributed by atoms with Crippen molar-refractivity contribution >= 4 is 18.7 Å². The largest absolute Gasteiger partial charge is 0.450 e. The summed E-state index contributed by atoms with van der Waals surface area (Å²) < 4.78 is 7.26. The van der Waals surface area contributed by atoms with Crippen LogP contribution in [-0.2, 0) is 29.0 Å². The molecule has 3 aromatic rings. The highest BCUT2D eigenvalue weighted by atomic mass is 16.5. The van der Waals surface area contributed by atoms with Crippen molar-refractivity contribution in [3.63, 3.8) is 0 Å². The van der Waals surface area contributed by atoms with Crippen LogP contribution in [0.25, 0.3) is 0 Å². The van der Waals surface area contributed by atoms with Crippen LogP contribution in [0.1, 0.15) is 73.7 Å². The van der Waals surface area contributed by atoms with Gasteiger partial charge in [0.1, 0.15) is 18.3 Å². The molecule has 3 rings (SSSR count). The highest BCUT2D eigenvalue weighted by molar-refractivity contribution is 5.97. The summed E-state index contributed by atoms with van der Waals surface area (Å²) in [5, 5.41) is 2.76. The molecule has 44 heavy (non-hydrogen) atoms. The maximum atomic E-state index is 11.8. The first-order chi connectivity index (χ1) is 21.0.